The Balaban J connectivity index is 1.62. The standard InChI is InChI=1S/C15H18N2O2S/c1-10(14(18)16-11-6-2-3-7-11)20-15-17-12-8-4-5-9-13(12)19-15/h4-5,8-11H,2-3,6-7H2,1H3,(H,16,18). The lowest BCUT2D eigenvalue weighted by molar-refractivity contribution is -0.120. The van der Waals surface area contributed by atoms with Crippen molar-refractivity contribution < 1.29 is 9.21 Å². The van der Waals surface area contributed by atoms with E-state index in [0.717, 1.165) is 23.9 Å². The van der Waals surface area contributed by atoms with Gasteiger partial charge < -0.3 is 9.73 Å². The van der Waals surface area contributed by atoms with E-state index in [-0.39, 0.29) is 11.2 Å². The molecule has 1 aromatic heterocycles. The predicted octanol–water partition coefficient (Wildman–Crippen LogP) is 3.37. The zero-order valence-electron chi connectivity index (χ0n) is 11.5. The van der Waals surface area contributed by atoms with Crippen molar-refractivity contribution >= 4 is 28.8 Å². The molecule has 1 aromatic carbocycles. The molecule has 0 spiro atoms. The number of amides is 1. The highest BCUT2D eigenvalue weighted by molar-refractivity contribution is 8.00. The fourth-order valence-corrected chi connectivity index (χ4v) is 3.26. The molecule has 2 aromatic rings. The summed E-state index contributed by atoms with van der Waals surface area (Å²) in [4.78, 5) is 16.5. The molecule has 20 heavy (non-hydrogen) atoms. The average Bonchev–Trinajstić information content (AvgIpc) is 3.06. The van der Waals surface area contributed by atoms with Crippen LogP contribution in [0.15, 0.2) is 33.9 Å². The normalized spacial score (nSPS) is 17.4. The lowest BCUT2D eigenvalue weighted by Gasteiger charge is -2.15. The molecule has 4 nitrogen and oxygen atoms in total. The highest BCUT2D eigenvalue weighted by Crippen LogP contribution is 2.27. The molecule has 3 rings (SSSR count). The van der Waals surface area contributed by atoms with Gasteiger partial charge in [-0.15, -0.1) is 0 Å². The minimum absolute atomic E-state index is 0.0733. The number of thioether (sulfide) groups is 1. The van der Waals surface area contributed by atoms with Gasteiger partial charge in [0.25, 0.3) is 5.22 Å². The second kappa shape index (κ2) is 5.87. The summed E-state index contributed by atoms with van der Waals surface area (Å²) in [7, 11) is 0. The molecule has 1 N–H and O–H groups in total. The highest BCUT2D eigenvalue weighted by atomic mass is 32.2. The summed E-state index contributed by atoms with van der Waals surface area (Å²) in [6, 6.07) is 7.99. The van der Waals surface area contributed by atoms with E-state index < -0.39 is 0 Å². The van der Waals surface area contributed by atoms with E-state index >= 15 is 0 Å². The highest BCUT2D eigenvalue weighted by Gasteiger charge is 2.22. The third-order valence-electron chi connectivity index (χ3n) is 3.62. The molecule has 1 fully saturated rings. The minimum atomic E-state index is -0.191. The van der Waals surface area contributed by atoms with Crippen molar-refractivity contribution in [2.75, 3.05) is 0 Å². The Labute approximate surface area is 122 Å². The third-order valence-corrected chi connectivity index (χ3v) is 4.57. The number of nitrogens with zero attached hydrogens (tertiary/aromatic N) is 1. The second-order valence-corrected chi connectivity index (χ2v) is 6.49. The number of hydrogen-bond acceptors (Lipinski definition) is 4. The predicted molar refractivity (Wildman–Crippen MR) is 79.7 cm³/mol. The molecule has 1 atom stereocenters. The van der Waals surface area contributed by atoms with Crippen molar-refractivity contribution in [3.8, 4) is 0 Å². The van der Waals surface area contributed by atoms with E-state index in [4.69, 9.17) is 4.42 Å². The number of nitrogens with one attached hydrogen (secondary N) is 1. The van der Waals surface area contributed by atoms with Gasteiger partial charge in [-0.2, -0.15) is 0 Å². The molecule has 0 aliphatic heterocycles. The minimum Gasteiger partial charge on any atom is -0.431 e. The summed E-state index contributed by atoms with van der Waals surface area (Å²) >= 11 is 1.37. The summed E-state index contributed by atoms with van der Waals surface area (Å²) in [6.45, 7) is 1.89. The Bertz CT molecular complexity index is 572. The molecule has 0 bridgehead atoms. The van der Waals surface area contributed by atoms with Crippen LogP contribution in [-0.4, -0.2) is 22.2 Å². The van der Waals surface area contributed by atoms with E-state index in [1.54, 1.807) is 0 Å². The Hall–Kier alpha value is -1.49. The third kappa shape index (κ3) is 2.98. The van der Waals surface area contributed by atoms with Crippen molar-refractivity contribution in [2.45, 2.75) is 49.1 Å². The van der Waals surface area contributed by atoms with E-state index in [2.05, 4.69) is 10.3 Å². The van der Waals surface area contributed by atoms with Crippen LogP contribution in [0.5, 0.6) is 0 Å². The first-order valence-electron chi connectivity index (χ1n) is 7.05. The van der Waals surface area contributed by atoms with Crippen molar-refractivity contribution in [3.05, 3.63) is 24.3 Å². The first-order valence-corrected chi connectivity index (χ1v) is 7.93. The molecule has 1 saturated carbocycles. The molecule has 1 amide bonds. The number of carbonyl (C=O) groups excluding carboxylic acids is 1. The maximum atomic E-state index is 12.1. The number of benzene rings is 1. The van der Waals surface area contributed by atoms with Gasteiger partial charge in [-0.05, 0) is 31.9 Å². The van der Waals surface area contributed by atoms with Gasteiger partial charge >= 0.3 is 0 Å². The van der Waals surface area contributed by atoms with Crippen molar-refractivity contribution in [2.24, 2.45) is 0 Å². The number of fused-ring (bicyclic) bond motifs is 1. The molecule has 0 saturated heterocycles. The lowest BCUT2D eigenvalue weighted by atomic mass is 10.2. The maximum Gasteiger partial charge on any atom is 0.257 e. The molecule has 1 heterocycles. The van der Waals surface area contributed by atoms with Crippen LogP contribution in [0.3, 0.4) is 0 Å². The summed E-state index contributed by atoms with van der Waals surface area (Å²) < 4.78 is 5.63. The number of rotatable bonds is 4. The van der Waals surface area contributed by atoms with Gasteiger partial charge in [-0.1, -0.05) is 36.7 Å². The monoisotopic (exact) mass is 290 g/mol. The molecule has 106 valence electrons. The molecular weight excluding hydrogens is 272 g/mol. The number of aromatic nitrogens is 1. The summed E-state index contributed by atoms with van der Waals surface area (Å²) in [5.41, 5.74) is 1.59. The zero-order valence-corrected chi connectivity index (χ0v) is 12.3. The Morgan fingerprint density at radius 3 is 2.90 bits per heavy atom. The van der Waals surface area contributed by atoms with Crippen LogP contribution >= 0.6 is 11.8 Å². The maximum absolute atomic E-state index is 12.1. The number of oxazole rings is 1. The van der Waals surface area contributed by atoms with Gasteiger partial charge in [-0.25, -0.2) is 4.98 Å². The second-order valence-electron chi connectivity index (χ2n) is 5.20. The van der Waals surface area contributed by atoms with Gasteiger partial charge in [0.2, 0.25) is 5.91 Å². The Kier molecular flexibility index (Phi) is 3.96. The largest absolute Gasteiger partial charge is 0.431 e. The number of carbonyl (C=O) groups is 1. The summed E-state index contributed by atoms with van der Waals surface area (Å²) in [6.07, 6.45) is 4.65. The topological polar surface area (TPSA) is 55.1 Å². The van der Waals surface area contributed by atoms with Crippen LogP contribution in [0.2, 0.25) is 0 Å². The van der Waals surface area contributed by atoms with Crippen molar-refractivity contribution in [1.82, 2.24) is 10.3 Å². The number of para-hydroxylation sites is 2. The van der Waals surface area contributed by atoms with Gasteiger partial charge in [0.1, 0.15) is 5.52 Å². The summed E-state index contributed by atoms with van der Waals surface area (Å²) in [5, 5.41) is 3.47. The van der Waals surface area contributed by atoms with Crippen LogP contribution in [0.1, 0.15) is 32.6 Å². The molecule has 1 unspecified atom stereocenters. The van der Waals surface area contributed by atoms with E-state index in [0.29, 0.717) is 11.3 Å². The van der Waals surface area contributed by atoms with E-state index in [1.807, 2.05) is 31.2 Å². The van der Waals surface area contributed by atoms with Gasteiger partial charge in [0.05, 0.1) is 5.25 Å². The van der Waals surface area contributed by atoms with Crippen LogP contribution in [0.25, 0.3) is 11.1 Å². The fraction of sp³-hybridized carbons (Fsp3) is 0.467. The Morgan fingerprint density at radius 2 is 2.15 bits per heavy atom. The van der Waals surface area contributed by atoms with Gasteiger partial charge in [-0.3, -0.25) is 4.79 Å². The van der Waals surface area contributed by atoms with Crippen LogP contribution in [0.4, 0.5) is 0 Å². The van der Waals surface area contributed by atoms with Crippen molar-refractivity contribution in [1.29, 1.82) is 0 Å². The molecule has 5 heteroatoms. The SMILES string of the molecule is CC(Sc1nc2ccccc2o1)C(=O)NC1CCCC1. The lowest BCUT2D eigenvalue weighted by Crippen LogP contribution is -2.37. The average molecular weight is 290 g/mol. The molecular formula is C15H18N2O2S. The quantitative estimate of drug-likeness (QED) is 0.877. The van der Waals surface area contributed by atoms with Gasteiger partial charge in [0.15, 0.2) is 5.58 Å². The zero-order chi connectivity index (χ0) is 13.9. The smallest absolute Gasteiger partial charge is 0.257 e. The number of hydrogen-bond donors (Lipinski definition) is 1. The Morgan fingerprint density at radius 1 is 1.40 bits per heavy atom. The molecule has 1 aliphatic carbocycles. The van der Waals surface area contributed by atoms with Crippen molar-refractivity contribution in [3.63, 3.8) is 0 Å². The first-order chi connectivity index (χ1) is 9.72. The first kappa shape index (κ1) is 13.5. The van der Waals surface area contributed by atoms with Crippen LogP contribution < -0.4 is 5.32 Å². The summed E-state index contributed by atoms with van der Waals surface area (Å²) in [5.74, 6) is 0.0733. The van der Waals surface area contributed by atoms with Crippen LogP contribution in [0, 0.1) is 0 Å². The fourth-order valence-electron chi connectivity index (χ4n) is 2.49. The van der Waals surface area contributed by atoms with E-state index in [9.17, 15) is 4.79 Å². The van der Waals surface area contributed by atoms with Gasteiger partial charge in [0, 0.05) is 6.04 Å². The van der Waals surface area contributed by atoms with E-state index in [1.165, 1.54) is 24.6 Å². The molecule has 0 radical (unpaired) electrons. The molecule has 1 aliphatic rings. The van der Waals surface area contributed by atoms with Crippen LogP contribution in [-0.2, 0) is 4.79 Å².